The van der Waals surface area contributed by atoms with Crippen molar-refractivity contribution >= 4 is 39.3 Å². The lowest BCUT2D eigenvalue weighted by Gasteiger charge is -2.11. The number of hydrogen-bond donors (Lipinski definition) is 1. The number of esters is 1. The molecular weight excluding hydrogens is 442 g/mol. The number of Topliss-reactive ketones (excluding diaryl/α,β-unsaturated/α-hetero) is 1. The second-order valence-corrected chi connectivity index (χ2v) is 6.86. The first-order chi connectivity index (χ1) is 13.9. The van der Waals surface area contributed by atoms with Gasteiger partial charge in [0.05, 0.1) is 19.8 Å². The summed E-state index contributed by atoms with van der Waals surface area (Å²) in [7, 11) is 2.93. The van der Waals surface area contributed by atoms with Crippen molar-refractivity contribution in [2.45, 2.75) is 19.8 Å². The lowest BCUT2D eigenvalue weighted by Crippen LogP contribution is -2.15. The molecule has 2 aromatic rings. The average molecular weight is 464 g/mol. The molecule has 0 bridgehead atoms. The van der Waals surface area contributed by atoms with Gasteiger partial charge in [0.1, 0.15) is 16.0 Å². The van der Waals surface area contributed by atoms with Crippen molar-refractivity contribution < 1.29 is 28.6 Å². The number of benzene rings is 2. The molecule has 0 spiro atoms. The molecule has 0 aliphatic carbocycles. The fourth-order valence-corrected chi connectivity index (χ4v) is 3.03. The molecule has 29 heavy (non-hydrogen) atoms. The van der Waals surface area contributed by atoms with Gasteiger partial charge in [-0.25, -0.2) is 4.79 Å². The van der Waals surface area contributed by atoms with Crippen molar-refractivity contribution in [1.29, 1.82) is 0 Å². The third-order valence-corrected chi connectivity index (χ3v) is 4.77. The highest BCUT2D eigenvalue weighted by atomic mass is 79.9. The summed E-state index contributed by atoms with van der Waals surface area (Å²) in [6.45, 7) is 1.50. The summed E-state index contributed by atoms with van der Waals surface area (Å²) >= 11 is 3.32. The zero-order valence-electron chi connectivity index (χ0n) is 16.4. The normalized spacial score (nSPS) is 10.2. The molecule has 0 saturated carbocycles. The Balaban J connectivity index is 2.00. The maximum absolute atomic E-state index is 12.3. The van der Waals surface area contributed by atoms with Gasteiger partial charge >= 0.3 is 5.97 Å². The Bertz CT molecular complexity index is 870. The molecule has 0 heterocycles. The van der Waals surface area contributed by atoms with E-state index in [4.69, 9.17) is 14.2 Å². The van der Waals surface area contributed by atoms with Gasteiger partial charge in [0, 0.05) is 17.7 Å². The molecule has 2 rings (SSSR count). The number of carbonyl (C=O) groups is 3. The predicted molar refractivity (Wildman–Crippen MR) is 112 cm³/mol. The van der Waals surface area contributed by atoms with Gasteiger partial charge < -0.3 is 19.5 Å². The minimum absolute atomic E-state index is 0.0825. The van der Waals surface area contributed by atoms with Crippen LogP contribution in [0.5, 0.6) is 11.5 Å². The van der Waals surface area contributed by atoms with Crippen LogP contribution >= 0.6 is 15.9 Å². The van der Waals surface area contributed by atoms with Crippen molar-refractivity contribution in [3.8, 4) is 11.5 Å². The standard InChI is InChI=1S/C21H22BrNO6/c1-4-5-19(25)23-15-8-6-13(7-9-15)16(24)12-29-21(26)14-10-17(27-2)20(22)18(11-14)28-3/h6-11H,4-5,12H2,1-3H3,(H,23,25). The minimum atomic E-state index is -0.675. The maximum Gasteiger partial charge on any atom is 0.338 e. The zero-order chi connectivity index (χ0) is 21.4. The van der Waals surface area contributed by atoms with E-state index in [0.29, 0.717) is 33.6 Å². The third kappa shape index (κ3) is 6.05. The fourth-order valence-electron chi connectivity index (χ4n) is 2.47. The number of halogens is 1. The number of rotatable bonds is 9. The highest BCUT2D eigenvalue weighted by Gasteiger charge is 2.17. The number of ketones is 1. The lowest BCUT2D eigenvalue weighted by molar-refractivity contribution is -0.116. The van der Waals surface area contributed by atoms with Gasteiger partial charge in [0.2, 0.25) is 5.91 Å². The smallest absolute Gasteiger partial charge is 0.338 e. The number of methoxy groups -OCH3 is 2. The summed E-state index contributed by atoms with van der Waals surface area (Å²) in [5.41, 5.74) is 1.17. The van der Waals surface area contributed by atoms with Crippen molar-refractivity contribution in [2.24, 2.45) is 0 Å². The molecule has 0 aliphatic heterocycles. The highest BCUT2D eigenvalue weighted by Crippen LogP contribution is 2.35. The molecule has 154 valence electrons. The number of amides is 1. The predicted octanol–water partition coefficient (Wildman–Crippen LogP) is 4.24. The monoisotopic (exact) mass is 463 g/mol. The largest absolute Gasteiger partial charge is 0.495 e. The van der Waals surface area contributed by atoms with Gasteiger partial charge in [-0.2, -0.15) is 0 Å². The van der Waals surface area contributed by atoms with Crippen LogP contribution in [0.2, 0.25) is 0 Å². The van der Waals surface area contributed by atoms with E-state index in [2.05, 4.69) is 21.2 Å². The van der Waals surface area contributed by atoms with E-state index < -0.39 is 12.6 Å². The number of anilines is 1. The number of ether oxygens (including phenoxy) is 3. The van der Waals surface area contributed by atoms with Crippen LogP contribution in [0.3, 0.4) is 0 Å². The van der Waals surface area contributed by atoms with E-state index >= 15 is 0 Å². The number of carbonyl (C=O) groups excluding carboxylic acids is 3. The Hall–Kier alpha value is -2.87. The third-order valence-electron chi connectivity index (χ3n) is 3.98. The van der Waals surface area contributed by atoms with Gasteiger partial charge in [-0.3, -0.25) is 9.59 Å². The number of hydrogen-bond acceptors (Lipinski definition) is 6. The molecular formula is C21H22BrNO6. The van der Waals surface area contributed by atoms with Gasteiger partial charge in [0.15, 0.2) is 12.4 Å². The Labute approximate surface area is 177 Å². The molecule has 0 saturated heterocycles. The summed E-state index contributed by atoms with van der Waals surface area (Å²) in [6, 6.07) is 9.40. The van der Waals surface area contributed by atoms with E-state index in [1.54, 1.807) is 24.3 Å². The minimum Gasteiger partial charge on any atom is -0.495 e. The quantitative estimate of drug-likeness (QED) is 0.441. The topological polar surface area (TPSA) is 90.9 Å². The van der Waals surface area contributed by atoms with E-state index in [1.165, 1.54) is 26.4 Å². The van der Waals surface area contributed by atoms with Crippen molar-refractivity contribution in [3.63, 3.8) is 0 Å². The summed E-state index contributed by atoms with van der Waals surface area (Å²) in [5.74, 6) is -0.306. The molecule has 0 radical (unpaired) electrons. The number of nitrogens with one attached hydrogen (secondary N) is 1. The SMILES string of the molecule is CCCC(=O)Nc1ccc(C(=O)COC(=O)c2cc(OC)c(Br)c(OC)c2)cc1. The second-order valence-electron chi connectivity index (χ2n) is 6.07. The van der Waals surface area contributed by atoms with Crippen molar-refractivity contribution in [2.75, 3.05) is 26.1 Å². The van der Waals surface area contributed by atoms with Crippen LogP contribution in [-0.4, -0.2) is 38.5 Å². The van der Waals surface area contributed by atoms with Crippen LogP contribution in [-0.2, 0) is 9.53 Å². The molecule has 0 aliphatic rings. The molecule has 8 heteroatoms. The zero-order valence-corrected chi connectivity index (χ0v) is 18.0. The van der Waals surface area contributed by atoms with E-state index in [1.807, 2.05) is 6.92 Å². The van der Waals surface area contributed by atoms with E-state index in [9.17, 15) is 14.4 Å². The molecule has 0 aromatic heterocycles. The van der Waals surface area contributed by atoms with Gasteiger partial charge in [-0.15, -0.1) is 0 Å². The Morgan fingerprint density at radius 3 is 2.07 bits per heavy atom. The van der Waals surface area contributed by atoms with Crippen molar-refractivity contribution in [1.82, 2.24) is 0 Å². The summed E-state index contributed by atoms with van der Waals surface area (Å²) < 4.78 is 16.1. The summed E-state index contributed by atoms with van der Waals surface area (Å²) in [4.78, 5) is 36.2. The van der Waals surface area contributed by atoms with Crippen LogP contribution in [0.25, 0.3) is 0 Å². The van der Waals surface area contributed by atoms with Gasteiger partial charge in [-0.05, 0) is 58.7 Å². The summed E-state index contributed by atoms with van der Waals surface area (Å²) in [5, 5.41) is 2.74. The van der Waals surface area contributed by atoms with Crippen LogP contribution < -0.4 is 14.8 Å². The van der Waals surface area contributed by atoms with Crippen LogP contribution in [0, 0.1) is 0 Å². The molecule has 0 atom stereocenters. The second kappa shape index (κ2) is 10.6. The summed E-state index contributed by atoms with van der Waals surface area (Å²) in [6.07, 6.45) is 1.19. The molecule has 0 fully saturated rings. The van der Waals surface area contributed by atoms with Crippen LogP contribution in [0.4, 0.5) is 5.69 Å². The Morgan fingerprint density at radius 1 is 0.966 bits per heavy atom. The average Bonchev–Trinajstić information content (AvgIpc) is 2.72. The Kier molecular flexibility index (Phi) is 8.21. The van der Waals surface area contributed by atoms with E-state index in [-0.39, 0.29) is 17.3 Å². The van der Waals surface area contributed by atoms with Crippen LogP contribution in [0.15, 0.2) is 40.9 Å². The maximum atomic E-state index is 12.3. The lowest BCUT2D eigenvalue weighted by atomic mass is 10.1. The molecule has 1 N–H and O–H groups in total. The molecule has 7 nitrogen and oxygen atoms in total. The first-order valence-electron chi connectivity index (χ1n) is 8.91. The van der Waals surface area contributed by atoms with Crippen molar-refractivity contribution in [3.05, 3.63) is 52.0 Å². The Morgan fingerprint density at radius 2 is 1.55 bits per heavy atom. The first-order valence-corrected chi connectivity index (χ1v) is 9.70. The van der Waals surface area contributed by atoms with Gasteiger partial charge in [0.25, 0.3) is 0 Å². The first kappa shape index (κ1) is 22.4. The molecule has 1 amide bonds. The van der Waals surface area contributed by atoms with Gasteiger partial charge in [-0.1, -0.05) is 6.92 Å². The molecule has 2 aromatic carbocycles. The van der Waals surface area contributed by atoms with E-state index in [0.717, 1.165) is 6.42 Å². The molecule has 0 unspecified atom stereocenters. The highest BCUT2D eigenvalue weighted by molar-refractivity contribution is 9.10. The fraction of sp³-hybridized carbons (Fsp3) is 0.286. The van der Waals surface area contributed by atoms with Crippen LogP contribution in [0.1, 0.15) is 40.5 Å².